The number of carbonyl (C=O) groups excluding carboxylic acids is 3. The molecule has 3 aliphatic carbocycles. The van der Waals surface area contributed by atoms with E-state index in [1.54, 1.807) is 0 Å². The van der Waals surface area contributed by atoms with E-state index in [9.17, 15) is 29.4 Å². The third kappa shape index (κ3) is 4.09. The molecule has 0 atom stereocenters. The maximum atomic E-state index is 15.1. The summed E-state index contributed by atoms with van der Waals surface area (Å²) >= 11 is 0. The number of hydrogen-bond donors (Lipinski definition) is 4. The highest BCUT2D eigenvalue weighted by Crippen LogP contribution is 2.55. The summed E-state index contributed by atoms with van der Waals surface area (Å²) in [5.41, 5.74) is 8.65. The van der Waals surface area contributed by atoms with E-state index in [1.807, 2.05) is 0 Å². The van der Waals surface area contributed by atoms with Crippen LogP contribution in [-0.4, -0.2) is 51.0 Å². The van der Waals surface area contributed by atoms with Crippen LogP contribution in [-0.2, 0) is 14.4 Å². The van der Waals surface area contributed by atoms with Crippen molar-refractivity contribution in [2.45, 2.75) is 101 Å². The standard InChI is InChI=1S/C28H37N3O7/c29-25(37)27(11-5-1-6-12-27)31(22(32)18-9-3-4-10-18,28(26(30)38)13-7-2-8-14-28)21-16-19(23(33)34)15-20(17-21)24(35)36/h15-18H,1-14H2,(H5-,29,30,33,34,35,36,37,38)/p+1. The topological polar surface area (TPSA) is 178 Å². The van der Waals surface area contributed by atoms with Gasteiger partial charge in [-0.05, 0) is 44.6 Å². The lowest BCUT2D eigenvalue weighted by Crippen LogP contribution is -2.85. The molecule has 6 N–H and O–H groups in total. The van der Waals surface area contributed by atoms with E-state index in [0.717, 1.165) is 31.7 Å². The molecule has 3 saturated carbocycles. The fraction of sp³-hybridized carbons (Fsp3) is 0.607. The van der Waals surface area contributed by atoms with Crippen LogP contribution in [0.2, 0.25) is 0 Å². The van der Waals surface area contributed by atoms with Crippen LogP contribution < -0.4 is 16.0 Å². The number of carboxylic acid groups (broad SMARTS) is 2. The highest BCUT2D eigenvalue weighted by molar-refractivity contribution is 6.07. The summed E-state index contributed by atoms with van der Waals surface area (Å²) in [6, 6.07) is 3.55. The number of hydrogen-bond acceptors (Lipinski definition) is 5. The van der Waals surface area contributed by atoms with Gasteiger partial charge < -0.3 is 21.7 Å². The average molecular weight is 529 g/mol. The first kappa shape index (κ1) is 27.8. The molecule has 0 aromatic heterocycles. The molecule has 10 heteroatoms. The molecule has 10 nitrogen and oxygen atoms in total. The van der Waals surface area contributed by atoms with E-state index in [2.05, 4.69) is 0 Å². The van der Waals surface area contributed by atoms with E-state index >= 15 is 4.79 Å². The zero-order chi connectivity index (χ0) is 27.7. The number of benzene rings is 1. The van der Waals surface area contributed by atoms with Crippen molar-refractivity contribution in [3.8, 4) is 0 Å². The van der Waals surface area contributed by atoms with Crippen LogP contribution in [0.25, 0.3) is 0 Å². The van der Waals surface area contributed by atoms with Crippen LogP contribution >= 0.6 is 0 Å². The lowest BCUT2D eigenvalue weighted by Gasteiger charge is -2.60. The normalized spacial score (nSPS) is 21.5. The SMILES string of the molecule is NC(=O)C1([N+](C(=O)C2CCCC2)(c2cc(C(=O)O)cc(C(=O)O)c2)C2(C(N)=O)CCCCC2)CCCCC1. The quantitative estimate of drug-likeness (QED) is 0.373. The van der Waals surface area contributed by atoms with Crippen molar-refractivity contribution < 1.29 is 34.2 Å². The predicted octanol–water partition coefficient (Wildman–Crippen LogP) is 3.48. The van der Waals surface area contributed by atoms with Crippen LogP contribution in [0.5, 0.6) is 0 Å². The van der Waals surface area contributed by atoms with Crippen molar-refractivity contribution in [1.82, 2.24) is 4.48 Å². The molecule has 0 radical (unpaired) electrons. The van der Waals surface area contributed by atoms with Gasteiger partial charge in [-0.1, -0.05) is 25.7 Å². The third-order valence-corrected chi connectivity index (χ3v) is 9.40. The number of primary amides is 2. The van der Waals surface area contributed by atoms with Gasteiger partial charge in [-0.3, -0.25) is 9.59 Å². The molecule has 3 fully saturated rings. The fourth-order valence-electron chi connectivity index (χ4n) is 7.72. The van der Waals surface area contributed by atoms with E-state index in [4.69, 9.17) is 11.5 Å². The minimum absolute atomic E-state index is 0.0144. The molecular weight excluding hydrogens is 490 g/mol. The van der Waals surface area contributed by atoms with Crippen LogP contribution in [0.15, 0.2) is 18.2 Å². The molecule has 3 amide bonds. The second kappa shape index (κ2) is 10.5. The number of quaternary nitrogens is 1. The number of aromatic carboxylic acids is 2. The molecule has 38 heavy (non-hydrogen) atoms. The van der Waals surface area contributed by atoms with Crippen molar-refractivity contribution >= 4 is 35.3 Å². The van der Waals surface area contributed by atoms with E-state index in [1.165, 1.54) is 12.1 Å². The third-order valence-electron chi connectivity index (χ3n) is 9.40. The first-order valence-electron chi connectivity index (χ1n) is 13.7. The van der Waals surface area contributed by atoms with E-state index in [-0.39, 0.29) is 48.4 Å². The Hall–Kier alpha value is -3.27. The second-order valence-corrected chi connectivity index (χ2v) is 11.3. The van der Waals surface area contributed by atoms with Gasteiger partial charge in [0.25, 0.3) is 11.8 Å². The number of nitrogens with two attached hydrogens (primary N) is 2. The van der Waals surface area contributed by atoms with Gasteiger partial charge in [-0.25, -0.2) is 18.9 Å². The van der Waals surface area contributed by atoms with Gasteiger partial charge in [0, 0.05) is 37.8 Å². The molecular formula is C28H38N3O7+. The van der Waals surface area contributed by atoms with Gasteiger partial charge in [0.1, 0.15) is 5.69 Å². The van der Waals surface area contributed by atoms with Crippen molar-refractivity contribution in [2.75, 3.05) is 0 Å². The summed E-state index contributed by atoms with van der Waals surface area (Å²) in [6.45, 7) is 0. The molecule has 0 saturated heterocycles. The zero-order valence-corrected chi connectivity index (χ0v) is 21.7. The Kier molecular flexibility index (Phi) is 7.65. The van der Waals surface area contributed by atoms with Gasteiger partial charge in [-0.2, -0.15) is 0 Å². The minimum Gasteiger partial charge on any atom is -0.478 e. The van der Waals surface area contributed by atoms with Crippen LogP contribution in [0, 0.1) is 5.92 Å². The molecule has 0 bridgehead atoms. The van der Waals surface area contributed by atoms with Crippen LogP contribution in [0.1, 0.15) is 111 Å². The first-order valence-corrected chi connectivity index (χ1v) is 13.7. The van der Waals surface area contributed by atoms with E-state index in [0.29, 0.717) is 38.5 Å². The largest absolute Gasteiger partial charge is 0.478 e. The van der Waals surface area contributed by atoms with Gasteiger partial charge in [0.05, 0.1) is 17.0 Å². The molecule has 1 aromatic rings. The fourth-order valence-corrected chi connectivity index (χ4v) is 7.72. The number of nitrogens with zero attached hydrogens (tertiary/aromatic N) is 1. The van der Waals surface area contributed by atoms with Gasteiger partial charge in [0.15, 0.2) is 11.1 Å². The lowest BCUT2D eigenvalue weighted by molar-refractivity contribution is -0.167. The maximum absolute atomic E-state index is 15.1. The summed E-state index contributed by atoms with van der Waals surface area (Å²) in [5.74, 6) is -5.11. The Balaban J connectivity index is 2.22. The Bertz CT molecular complexity index is 1070. The molecule has 0 aliphatic heterocycles. The van der Waals surface area contributed by atoms with E-state index < -0.39 is 45.2 Å². The minimum atomic E-state index is -1.57. The molecule has 0 spiro atoms. The van der Waals surface area contributed by atoms with Crippen molar-refractivity contribution in [3.63, 3.8) is 0 Å². The molecule has 0 unspecified atom stereocenters. The number of rotatable bonds is 8. The summed E-state index contributed by atoms with van der Waals surface area (Å²) in [4.78, 5) is 67.0. The molecule has 206 valence electrons. The second-order valence-electron chi connectivity index (χ2n) is 11.3. The Morgan fingerprint density at radius 1 is 0.658 bits per heavy atom. The van der Waals surface area contributed by atoms with Crippen molar-refractivity contribution in [2.24, 2.45) is 17.4 Å². The number of carbonyl (C=O) groups is 5. The van der Waals surface area contributed by atoms with Gasteiger partial charge >= 0.3 is 17.8 Å². The monoisotopic (exact) mass is 528 g/mol. The maximum Gasteiger partial charge on any atom is 0.335 e. The molecule has 3 aliphatic rings. The molecule has 0 heterocycles. The number of amides is 3. The number of carboxylic acids is 2. The molecule has 1 aromatic carbocycles. The van der Waals surface area contributed by atoms with Crippen molar-refractivity contribution in [1.29, 1.82) is 0 Å². The summed E-state index contributed by atoms with van der Waals surface area (Å²) in [7, 11) is 0. The Labute approximate surface area is 221 Å². The molecule has 4 rings (SSSR count). The Morgan fingerprint density at radius 2 is 1.05 bits per heavy atom. The smallest absolute Gasteiger partial charge is 0.335 e. The van der Waals surface area contributed by atoms with Crippen molar-refractivity contribution in [3.05, 3.63) is 29.3 Å². The van der Waals surface area contributed by atoms with Crippen LogP contribution in [0.4, 0.5) is 5.69 Å². The average Bonchev–Trinajstić information content (AvgIpc) is 3.45. The highest BCUT2D eigenvalue weighted by atomic mass is 16.4. The van der Waals surface area contributed by atoms with Gasteiger partial charge in [-0.15, -0.1) is 0 Å². The summed E-state index contributed by atoms with van der Waals surface area (Å²) in [5, 5.41) is 19.9. The summed E-state index contributed by atoms with van der Waals surface area (Å²) < 4.78 is -0.809. The first-order chi connectivity index (χ1) is 18.0. The van der Waals surface area contributed by atoms with Crippen LogP contribution in [0.3, 0.4) is 0 Å². The summed E-state index contributed by atoms with van der Waals surface area (Å²) in [6.07, 6.45) is 7.56. The lowest BCUT2D eigenvalue weighted by atomic mass is 9.67. The zero-order valence-electron chi connectivity index (χ0n) is 21.7. The predicted molar refractivity (Wildman–Crippen MR) is 139 cm³/mol. The highest BCUT2D eigenvalue weighted by Gasteiger charge is 2.73. The Morgan fingerprint density at radius 3 is 1.39 bits per heavy atom. The van der Waals surface area contributed by atoms with Gasteiger partial charge in [0.2, 0.25) is 0 Å².